The fourth-order valence-corrected chi connectivity index (χ4v) is 7.87. The molecule has 0 radical (unpaired) electrons. The largest absolute Gasteiger partial charge is 0.394 e. The molecular formula is C51H89NO13. The van der Waals surface area contributed by atoms with Gasteiger partial charge in [0.05, 0.1) is 32.0 Å². The molecule has 2 aliphatic heterocycles. The fraction of sp³-hybridized carbons (Fsp3) is 0.784. The zero-order valence-electron chi connectivity index (χ0n) is 39.7. The lowest BCUT2D eigenvalue weighted by Crippen LogP contribution is -2.65. The van der Waals surface area contributed by atoms with Gasteiger partial charge in [0.15, 0.2) is 12.6 Å². The van der Waals surface area contributed by atoms with Crippen LogP contribution in [-0.2, 0) is 23.7 Å². The fourth-order valence-electron chi connectivity index (χ4n) is 7.87. The summed E-state index contributed by atoms with van der Waals surface area (Å²) in [6, 6.07) is -0.916. The van der Waals surface area contributed by atoms with E-state index in [4.69, 9.17) is 18.9 Å². The SMILES string of the molecule is CC/C=C\C/C=C\C/C=C\C/C=C\CCCCCCCCCCCCC(=O)NC(COC1OC(CO)C(OC2OC(CO)C(O)C(O)C2O)C(O)C1O)C(O)/C=C/CCCCCCCC. The van der Waals surface area contributed by atoms with Crippen molar-refractivity contribution in [3.63, 3.8) is 0 Å². The number of aliphatic hydroxyl groups excluding tert-OH is 8. The van der Waals surface area contributed by atoms with E-state index in [9.17, 15) is 45.6 Å². The smallest absolute Gasteiger partial charge is 0.220 e. The number of carbonyl (C=O) groups excluding carboxylic acids is 1. The van der Waals surface area contributed by atoms with Gasteiger partial charge in [0, 0.05) is 6.42 Å². The molecule has 2 heterocycles. The van der Waals surface area contributed by atoms with Crippen LogP contribution in [0.25, 0.3) is 0 Å². The molecular weight excluding hydrogens is 835 g/mol. The van der Waals surface area contributed by atoms with Gasteiger partial charge in [-0.3, -0.25) is 4.79 Å². The van der Waals surface area contributed by atoms with Gasteiger partial charge in [0.25, 0.3) is 0 Å². The second-order valence-electron chi connectivity index (χ2n) is 17.6. The minimum absolute atomic E-state index is 0.251. The van der Waals surface area contributed by atoms with Crippen LogP contribution in [-0.4, -0.2) is 140 Å². The maximum atomic E-state index is 13.1. The van der Waals surface area contributed by atoms with Gasteiger partial charge in [-0.05, 0) is 57.8 Å². The summed E-state index contributed by atoms with van der Waals surface area (Å²) in [5.41, 5.74) is 0. The standard InChI is InChI=1S/C51H89NO13/c1-3-5-7-9-11-13-14-15-16-17-18-19-20-21-22-23-24-25-26-27-29-31-33-35-43(56)52-39(40(55)34-32-30-28-12-10-8-6-4-2)38-62-50-48(61)46(59)49(42(37-54)64-50)65-51-47(60)45(58)44(57)41(36-53)63-51/h5,7,11,13,15-16,18-19,32,34,39-42,44-51,53-55,57-61H,3-4,6,8-10,12,14,17,20-31,33,35-38H2,1-2H3,(H,52,56)/b7-5-,13-11-,16-15-,19-18-,34-32+. The molecule has 14 nitrogen and oxygen atoms in total. The molecule has 12 atom stereocenters. The van der Waals surface area contributed by atoms with Gasteiger partial charge in [-0.2, -0.15) is 0 Å². The number of aliphatic hydroxyl groups is 8. The first-order valence-electron chi connectivity index (χ1n) is 25.0. The summed E-state index contributed by atoms with van der Waals surface area (Å²) in [5.74, 6) is -0.251. The van der Waals surface area contributed by atoms with Crippen LogP contribution in [0.4, 0.5) is 0 Å². The first-order chi connectivity index (χ1) is 31.6. The summed E-state index contributed by atoms with van der Waals surface area (Å²) in [5, 5.41) is 86.4. The lowest BCUT2D eigenvalue weighted by molar-refractivity contribution is -0.359. The van der Waals surface area contributed by atoms with Crippen LogP contribution in [0.15, 0.2) is 60.8 Å². The van der Waals surface area contributed by atoms with Gasteiger partial charge < -0.3 is 65.1 Å². The van der Waals surface area contributed by atoms with Gasteiger partial charge in [0.2, 0.25) is 5.91 Å². The lowest BCUT2D eigenvalue weighted by Gasteiger charge is -2.46. The summed E-state index contributed by atoms with van der Waals surface area (Å²) in [6.07, 6.45) is 28.6. The molecule has 2 aliphatic rings. The summed E-state index contributed by atoms with van der Waals surface area (Å²) < 4.78 is 22.6. The van der Waals surface area contributed by atoms with E-state index in [0.29, 0.717) is 6.42 Å². The van der Waals surface area contributed by atoms with Gasteiger partial charge >= 0.3 is 0 Å². The number of allylic oxidation sites excluding steroid dienone is 9. The molecule has 0 aromatic carbocycles. The molecule has 0 aromatic heterocycles. The quantitative estimate of drug-likeness (QED) is 0.0248. The van der Waals surface area contributed by atoms with Crippen molar-refractivity contribution in [3.8, 4) is 0 Å². The Morgan fingerprint density at radius 3 is 1.63 bits per heavy atom. The first-order valence-corrected chi connectivity index (χ1v) is 25.0. The maximum Gasteiger partial charge on any atom is 0.220 e. The van der Waals surface area contributed by atoms with E-state index >= 15 is 0 Å². The third kappa shape index (κ3) is 25.0. The number of carbonyl (C=O) groups is 1. The Kier molecular flexibility index (Phi) is 34.1. The van der Waals surface area contributed by atoms with Crippen LogP contribution >= 0.6 is 0 Å². The molecule has 14 heteroatoms. The van der Waals surface area contributed by atoms with Crippen molar-refractivity contribution in [2.75, 3.05) is 19.8 Å². The molecule has 0 aliphatic carbocycles. The maximum absolute atomic E-state index is 13.1. The van der Waals surface area contributed by atoms with E-state index in [1.54, 1.807) is 6.08 Å². The van der Waals surface area contributed by atoms with Crippen molar-refractivity contribution in [2.24, 2.45) is 0 Å². The highest BCUT2D eigenvalue weighted by molar-refractivity contribution is 5.76. The van der Waals surface area contributed by atoms with Crippen molar-refractivity contribution >= 4 is 5.91 Å². The zero-order chi connectivity index (χ0) is 47.5. The van der Waals surface area contributed by atoms with Gasteiger partial charge in [0.1, 0.15) is 48.8 Å². The number of unbranched alkanes of at least 4 members (excludes halogenated alkanes) is 16. The van der Waals surface area contributed by atoms with Crippen LogP contribution in [0.2, 0.25) is 0 Å². The van der Waals surface area contributed by atoms with Gasteiger partial charge in [-0.25, -0.2) is 0 Å². The predicted molar refractivity (Wildman–Crippen MR) is 254 cm³/mol. The van der Waals surface area contributed by atoms with E-state index < -0.39 is 86.8 Å². The Morgan fingerprint density at radius 2 is 1.06 bits per heavy atom. The van der Waals surface area contributed by atoms with Crippen LogP contribution < -0.4 is 5.32 Å². The normalized spacial score (nSPS) is 27.5. The molecule has 2 rings (SSSR count). The third-order valence-corrected chi connectivity index (χ3v) is 12.0. The molecule has 12 unspecified atom stereocenters. The second-order valence-corrected chi connectivity index (χ2v) is 17.6. The Labute approximate surface area is 390 Å². The molecule has 2 saturated heterocycles. The van der Waals surface area contributed by atoms with E-state index in [1.165, 1.54) is 57.8 Å². The number of nitrogens with one attached hydrogen (secondary N) is 1. The van der Waals surface area contributed by atoms with Crippen molar-refractivity contribution < 1.29 is 64.6 Å². The van der Waals surface area contributed by atoms with Crippen LogP contribution in [0.3, 0.4) is 0 Å². The van der Waals surface area contributed by atoms with Crippen LogP contribution in [0, 0.1) is 0 Å². The van der Waals surface area contributed by atoms with E-state index in [0.717, 1.165) is 77.0 Å². The molecule has 9 N–H and O–H groups in total. The predicted octanol–water partition coefficient (Wildman–Crippen LogP) is 6.27. The van der Waals surface area contributed by atoms with E-state index in [1.807, 2.05) is 6.08 Å². The minimum Gasteiger partial charge on any atom is -0.394 e. The Balaban J connectivity index is 1.75. The summed E-state index contributed by atoms with van der Waals surface area (Å²) in [4.78, 5) is 13.1. The molecule has 2 fully saturated rings. The average Bonchev–Trinajstić information content (AvgIpc) is 3.30. The van der Waals surface area contributed by atoms with Crippen molar-refractivity contribution in [3.05, 3.63) is 60.8 Å². The molecule has 376 valence electrons. The zero-order valence-corrected chi connectivity index (χ0v) is 39.7. The summed E-state index contributed by atoms with van der Waals surface area (Å²) in [6.45, 7) is 2.60. The molecule has 0 spiro atoms. The Hall–Kier alpha value is -2.31. The molecule has 1 amide bonds. The van der Waals surface area contributed by atoms with Gasteiger partial charge in [-0.15, -0.1) is 0 Å². The highest BCUT2D eigenvalue weighted by Crippen LogP contribution is 2.30. The highest BCUT2D eigenvalue weighted by atomic mass is 16.7. The molecule has 0 saturated carbocycles. The van der Waals surface area contributed by atoms with Crippen LogP contribution in [0.5, 0.6) is 0 Å². The van der Waals surface area contributed by atoms with Gasteiger partial charge in [-0.1, -0.05) is 158 Å². The minimum atomic E-state index is -1.79. The van der Waals surface area contributed by atoms with E-state index in [2.05, 4.69) is 67.8 Å². The first kappa shape index (κ1) is 58.8. The molecule has 0 bridgehead atoms. The second kappa shape index (κ2) is 37.6. The summed E-state index contributed by atoms with van der Waals surface area (Å²) >= 11 is 0. The number of rotatable bonds is 37. The number of hydrogen-bond acceptors (Lipinski definition) is 13. The van der Waals surface area contributed by atoms with E-state index in [-0.39, 0.29) is 18.9 Å². The topological polar surface area (TPSA) is 228 Å². The Morgan fingerprint density at radius 1 is 0.569 bits per heavy atom. The number of ether oxygens (including phenoxy) is 4. The Bertz CT molecular complexity index is 1320. The summed E-state index contributed by atoms with van der Waals surface area (Å²) in [7, 11) is 0. The average molecular weight is 924 g/mol. The molecule has 0 aromatic rings. The highest BCUT2D eigenvalue weighted by Gasteiger charge is 2.51. The van der Waals surface area contributed by atoms with Crippen LogP contribution in [0.1, 0.15) is 162 Å². The monoisotopic (exact) mass is 924 g/mol. The van der Waals surface area contributed by atoms with Crippen molar-refractivity contribution in [2.45, 2.75) is 235 Å². The molecule has 65 heavy (non-hydrogen) atoms. The van der Waals surface area contributed by atoms with Crippen molar-refractivity contribution in [1.29, 1.82) is 0 Å². The lowest BCUT2D eigenvalue weighted by atomic mass is 9.97. The third-order valence-electron chi connectivity index (χ3n) is 12.0. The van der Waals surface area contributed by atoms with Crippen molar-refractivity contribution in [1.82, 2.24) is 5.32 Å². The number of amides is 1. The number of hydrogen-bond donors (Lipinski definition) is 9.